The van der Waals surface area contributed by atoms with Gasteiger partial charge in [0.2, 0.25) is 0 Å². The molecule has 134 valence electrons. The van der Waals surface area contributed by atoms with Gasteiger partial charge in [0.15, 0.2) is 0 Å². The fourth-order valence-electron chi connectivity index (χ4n) is 2.19. The van der Waals surface area contributed by atoms with Crippen LogP contribution in [0.3, 0.4) is 0 Å². The molecule has 1 saturated heterocycles. The molecule has 0 spiro atoms. The Labute approximate surface area is 131 Å². The summed E-state index contributed by atoms with van der Waals surface area (Å²) in [6, 6.07) is 4.92. The first-order valence-electron chi connectivity index (χ1n) is 6.76. The van der Waals surface area contributed by atoms with Crippen molar-refractivity contribution < 1.29 is 35.5 Å². The Hall–Kier alpha value is -2.07. The summed E-state index contributed by atoms with van der Waals surface area (Å²) in [7, 11) is 0. The van der Waals surface area contributed by atoms with E-state index in [1.54, 1.807) is 23.1 Å². The van der Waals surface area contributed by atoms with Gasteiger partial charge in [-0.15, -0.1) is 0 Å². The molecule has 1 aromatic rings. The molecule has 0 radical (unpaired) electrons. The second-order valence-corrected chi connectivity index (χ2v) is 5.11. The van der Waals surface area contributed by atoms with Gasteiger partial charge in [-0.3, -0.25) is 4.79 Å². The van der Waals surface area contributed by atoms with Gasteiger partial charge in [0.1, 0.15) is 5.82 Å². The lowest BCUT2D eigenvalue weighted by Gasteiger charge is -2.38. The smallest absolute Gasteiger partial charge is 0.353 e. The molecule has 24 heavy (non-hydrogen) atoms. The minimum absolute atomic E-state index is 0.0174. The fourth-order valence-corrected chi connectivity index (χ4v) is 2.19. The zero-order chi connectivity index (χ0) is 18.2. The van der Waals surface area contributed by atoms with Crippen LogP contribution in [0.4, 0.5) is 36.6 Å². The highest BCUT2D eigenvalue weighted by atomic mass is 19.4. The van der Waals surface area contributed by atoms with Crippen molar-refractivity contribution >= 4 is 11.7 Å². The molecule has 1 aromatic heterocycles. The van der Waals surface area contributed by atoms with Gasteiger partial charge < -0.3 is 9.80 Å². The maximum atomic E-state index is 13.4. The normalized spacial score (nSPS) is 17.1. The molecule has 2 rings (SSSR count). The van der Waals surface area contributed by atoms with Gasteiger partial charge in [-0.2, -0.15) is 30.7 Å². The number of alkyl halides is 7. The third-order valence-corrected chi connectivity index (χ3v) is 3.56. The molecule has 11 heteroatoms. The molecule has 0 atom stereocenters. The molecule has 2 heterocycles. The summed E-state index contributed by atoms with van der Waals surface area (Å²) in [5, 5.41) is 0. The number of carbonyl (C=O) groups excluding carboxylic acids is 1. The van der Waals surface area contributed by atoms with Crippen molar-refractivity contribution in [1.29, 1.82) is 0 Å². The summed E-state index contributed by atoms with van der Waals surface area (Å²) in [6.07, 6.45) is -5.05. The van der Waals surface area contributed by atoms with E-state index >= 15 is 0 Å². The Balaban J connectivity index is 2.07. The Kier molecular flexibility index (Phi) is 4.64. The summed E-state index contributed by atoms with van der Waals surface area (Å²) < 4.78 is 89.0. The van der Waals surface area contributed by atoms with Crippen LogP contribution in [0, 0.1) is 0 Å². The van der Waals surface area contributed by atoms with Crippen LogP contribution in [-0.2, 0) is 4.79 Å². The van der Waals surface area contributed by atoms with Crippen LogP contribution in [0.25, 0.3) is 0 Å². The van der Waals surface area contributed by atoms with E-state index in [1.165, 1.54) is 6.20 Å². The average Bonchev–Trinajstić information content (AvgIpc) is 2.54. The van der Waals surface area contributed by atoms with Crippen molar-refractivity contribution in [3.8, 4) is 0 Å². The van der Waals surface area contributed by atoms with E-state index in [1.807, 2.05) is 0 Å². The molecular weight excluding hydrogens is 347 g/mol. The molecule has 0 saturated carbocycles. The van der Waals surface area contributed by atoms with E-state index < -0.39 is 37.0 Å². The van der Waals surface area contributed by atoms with E-state index in [-0.39, 0.29) is 13.1 Å². The number of piperazine rings is 1. The topological polar surface area (TPSA) is 36.4 Å². The highest BCUT2D eigenvalue weighted by Gasteiger charge is 2.76. The lowest BCUT2D eigenvalue weighted by atomic mass is 10.1. The van der Waals surface area contributed by atoms with Gasteiger partial charge in [0.05, 0.1) is 0 Å². The number of anilines is 1. The summed E-state index contributed by atoms with van der Waals surface area (Å²) in [6.45, 7) is -0.870. The van der Waals surface area contributed by atoms with Gasteiger partial charge in [0.25, 0.3) is 5.91 Å². The first-order valence-corrected chi connectivity index (χ1v) is 6.76. The number of hydrogen-bond acceptors (Lipinski definition) is 3. The number of halogens is 7. The Morgan fingerprint density at radius 2 is 1.54 bits per heavy atom. The van der Waals surface area contributed by atoms with Crippen LogP contribution in [0.1, 0.15) is 0 Å². The van der Waals surface area contributed by atoms with Gasteiger partial charge in [0, 0.05) is 32.4 Å². The van der Waals surface area contributed by atoms with Gasteiger partial charge in [-0.25, -0.2) is 4.98 Å². The SMILES string of the molecule is O=C(N1CCN(c2ccccn2)CC1)C(F)(F)C(F)(F)C(F)(F)F. The summed E-state index contributed by atoms with van der Waals surface area (Å²) in [5.41, 5.74) is 0. The molecule has 0 aromatic carbocycles. The number of carbonyl (C=O) groups is 1. The molecule has 1 amide bonds. The molecule has 1 aliphatic heterocycles. The number of rotatable bonds is 3. The maximum Gasteiger partial charge on any atom is 0.460 e. The average molecular weight is 359 g/mol. The van der Waals surface area contributed by atoms with Gasteiger partial charge >= 0.3 is 18.0 Å². The van der Waals surface area contributed by atoms with Crippen molar-refractivity contribution in [1.82, 2.24) is 9.88 Å². The standard InChI is InChI=1S/C13H12F7N3O/c14-11(15,12(16,17)13(18,19)20)10(24)23-7-5-22(6-8-23)9-3-1-2-4-21-9/h1-4H,5-8H2. The van der Waals surface area contributed by atoms with Gasteiger partial charge in [-0.1, -0.05) is 6.07 Å². The van der Waals surface area contributed by atoms with E-state index in [0.29, 0.717) is 10.7 Å². The highest BCUT2D eigenvalue weighted by Crippen LogP contribution is 2.47. The van der Waals surface area contributed by atoms with E-state index in [2.05, 4.69) is 4.98 Å². The monoisotopic (exact) mass is 359 g/mol. The van der Waals surface area contributed by atoms with Crippen molar-refractivity contribution in [3.05, 3.63) is 24.4 Å². The molecule has 0 aliphatic carbocycles. The minimum atomic E-state index is -6.53. The molecular formula is C13H12F7N3O. The Morgan fingerprint density at radius 1 is 0.958 bits per heavy atom. The molecule has 1 fully saturated rings. The van der Waals surface area contributed by atoms with Crippen LogP contribution in [0.15, 0.2) is 24.4 Å². The van der Waals surface area contributed by atoms with Crippen LogP contribution in [0.2, 0.25) is 0 Å². The first kappa shape index (κ1) is 18.3. The lowest BCUT2D eigenvalue weighted by molar-refractivity contribution is -0.346. The predicted molar refractivity (Wildman–Crippen MR) is 69.0 cm³/mol. The predicted octanol–water partition coefficient (Wildman–Crippen LogP) is 2.56. The molecule has 0 bridgehead atoms. The Bertz CT molecular complexity index is 583. The summed E-state index contributed by atoms with van der Waals surface area (Å²) in [5.74, 6) is -14.4. The van der Waals surface area contributed by atoms with Crippen molar-refractivity contribution in [3.63, 3.8) is 0 Å². The molecule has 4 nitrogen and oxygen atoms in total. The highest BCUT2D eigenvalue weighted by molar-refractivity contribution is 5.85. The van der Waals surface area contributed by atoms with E-state index in [9.17, 15) is 35.5 Å². The Morgan fingerprint density at radius 3 is 2.00 bits per heavy atom. The van der Waals surface area contributed by atoms with Crippen LogP contribution >= 0.6 is 0 Å². The largest absolute Gasteiger partial charge is 0.460 e. The van der Waals surface area contributed by atoms with E-state index in [4.69, 9.17) is 0 Å². The van der Waals surface area contributed by atoms with Crippen molar-refractivity contribution in [2.24, 2.45) is 0 Å². The van der Waals surface area contributed by atoms with Crippen molar-refractivity contribution in [2.45, 2.75) is 18.0 Å². The zero-order valence-electron chi connectivity index (χ0n) is 12.0. The number of amides is 1. The van der Waals surface area contributed by atoms with Crippen LogP contribution < -0.4 is 4.90 Å². The van der Waals surface area contributed by atoms with Crippen LogP contribution in [-0.4, -0.2) is 60.0 Å². The van der Waals surface area contributed by atoms with E-state index in [0.717, 1.165) is 0 Å². The maximum absolute atomic E-state index is 13.4. The summed E-state index contributed by atoms with van der Waals surface area (Å²) in [4.78, 5) is 17.4. The third-order valence-electron chi connectivity index (χ3n) is 3.56. The van der Waals surface area contributed by atoms with Gasteiger partial charge in [-0.05, 0) is 12.1 Å². The third kappa shape index (κ3) is 3.11. The molecule has 1 aliphatic rings. The lowest BCUT2D eigenvalue weighted by Crippen LogP contribution is -2.62. The fraction of sp³-hybridized carbons (Fsp3) is 0.538. The number of nitrogens with zero attached hydrogens (tertiary/aromatic N) is 3. The first-order chi connectivity index (χ1) is 11.0. The number of pyridine rings is 1. The van der Waals surface area contributed by atoms with Crippen LogP contribution in [0.5, 0.6) is 0 Å². The van der Waals surface area contributed by atoms with Crippen molar-refractivity contribution in [2.75, 3.05) is 31.1 Å². The number of hydrogen-bond donors (Lipinski definition) is 0. The minimum Gasteiger partial charge on any atom is -0.353 e. The molecule has 0 N–H and O–H groups in total. The second-order valence-electron chi connectivity index (χ2n) is 5.11. The second kappa shape index (κ2) is 6.10. The number of aromatic nitrogens is 1. The summed E-state index contributed by atoms with van der Waals surface area (Å²) >= 11 is 0. The quantitative estimate of drug-likeness (QED) is 0.779. The zero-order valence-corrected chi connectivity index (χ0v) is 12.0. The molecule has 0 unspecified atom stereocenters.